The fraction of sp³-hybridized carbons (Fsp3) is 0.143. The first-order valence-electron chi connectivity index (χ1n) is 5.68. The Balaban J connectivity index is 2.43. The molecule has 2 aromatic rings. The second-order valence-corrected chi connectivity index (χ2v) is 3.99. The molecule has 0 spiro atoms. The van der Waals surface area contributed by atoms with Crippen LogP contribution in [0, 0.1) is 0 Å². The Morgan fingerprint density at radius 1 is 1.26 bits per heavy atom. The molecular weight excluding hydrogens is 246 g/mol. The lowest BCUT2D eigenvalue weighted by Crippen LogP contribution is -2.25. The highest BCUT2D eigenvalue weighted by atomic mass is 16.5. The number of hydrogen-bond acceptors (Lipinski definition) is 3. The molecule has 0 aliphatic rings. The topological polar surface area (TPSA) is 68.5 Å². The lowest BCUT2D eigenvalue weighted by Gasteiger charge is -2.10. The highest BCUT2D eigenvalue weighted by molar-refractivity contribution is 5.85. The molecule has 0 amide bonds. The largest absolute Gasteiger partial charge is 0.497 e. The fourth-order valence-electron chi connectivity index (χ4n) is 1.82. The quantitative estimate of drug-likeness (QED) is 0.905. The van der Waals surface area contributed by atoms with Crippen LogP contribution in [-0.4, -0.2) is 22.8 Å². The van der Waals surface area contributed by atoms with Gasteiger partial charge in [-0.15, -0.1) is 0 Å². The highest BCUT2D eigenvalue weighted by Gasteiger charge is 2.10. The van der Waals surface area contributed by atoms with Crippen molar-refractivity contribution in [3.05, 3.63) is 64.1 Å². The summed E-state index contributed by atoms with van der Waals surface area (Å²) in [6.07, 6.45) is 0. The predicted molar refractivity (Wildman–Crippen MR) is 69.8 cm³/mol. The molecule has 0 bridgehead atoms. The number of carbonyl (C=O) groups is 1. The molecule has 1 heterocycles. The molecule has 0 saturated carbocycles. The number of carboxylic acids is 1. The van der Waals surface area contributed by atoms with Crippen molar-refractivity contribution in [3.8, 4) is 5.75 Å². The summed E-state index contributed by atoms with van der Waals surface area (Å²) in [5, 5.41) is 9.08. The summed E-state index contributed by atoms with van der Waals surface area (Å²) in [6, 6.07) is 11.3. The summed E-state index contributed by atoms with van der Waals surface area (Å²) >= 11 is 0. The lowest BCUT2D eigenvalue weighted by atomic mass is 10.2. The van der Waals surface area contributed by atoms with Crippen molar-refractivity contribution in [3.63, 3.8) is 0 Å². The highest BCUT2D eigenvalue weighted by Crippen LogP contribution is 2.13. The molecule has 1 aromatic heterocycles. The third-order valence-electron chi connectivity index (χ3n) is 2.74. The van der Waals surface area contributed by atoms with Crippen molar-refractivity contribution in [1.29, 1.82) is 0 Å². The minimum atomic E-state index is -1.12. The summed E-state index contributed by atoms with van der Waals surface area (Å²) in [5.41, 5.74) is 0.424. The normalized spacial score (nSPS) is 10.2. The van der Waals surface area contributed by atoms with E-state index in [1.54, 1.807) is 25.3 Å². The Morgan fingerprint density at radius 3 is 2.68 bits per heavy atom. The number of carboxylic acid groups (broad SMARTS) is 1. The van der Waals surface area contributed by atoms with Gasteiger partial charge in [-0.3, -0.25) is 9.36 Å². The number of ether oxygens (including phenoxy) is 1. The molecule has 0 aliphatic carbocycles. The Bertz CT molecular complexity index is 660. The van der Waals surface area contributed by atoms with Crippen LogP contribution in [0.15, 0.2) is 47.3 Å². The van der Waals surface area contributed by atoms with Gasteiger partial charge < -0.3 is 9.84 Å². The van der Waals surface area contributed by atoms with Crippen molar-refractivity contribution in [2.45, 2.75) is 6.54 Å². The number of nitrogens with zero attached hydrogens (tertiary/aromatic N) is 1. The van der Waals surface area contributed by atoms with E-state index < -0.39 is 5.97 Å². The van der Waals surface area contributed by atoms with Crippen LogP contribution < -0.4 is 10.3 Å². The number of aromatic nitrogens is 1. The molecule has 98 valence electrons. The van der Waals surface area contributed by atoms with Gasteiger partial charge in [0, 0.05) is 6.07 Å². The molecule has 0 unspecified atom stereocenters. The van der Waals surface area contributed by atoms with Gasteiger partial charge in [0.2, 0.25) is 0 Å². The molecule has 5 heteroatoms. The Labute approximate surface area is 109 Å². The zero-order valence-electron chi connectivity index (χ0n) is 10.4. The van der Waals surface area contributed by atoms with Crippen LogP contribution in [0.25, 0.3) is 0 Å². The molecule has 0 atom stereocenters. The van der Waals surface area contributed by atoms with Gasteiger partial charge in [0.15, 0.2) is 0 Å². The minimum absolute atomic E-state index is 0.0321. The van der Waals surface area contributed by atoms with Crippen molar-refractivity contribution >= 4 is 5.97 Å². The van der Waals surface area contributed by atoms with Crippen LogP contribution in [-0.2, 0) is 6.54 Å². The summed E-state index contributed by atoms with van der Waals surface area (Å²) in [6.45, 7) is 0.193. The maximum atomic E-state index is 11.8. The van der Waals surface area contributed by atoms with Gasteiger partial charge in [0.25, 0.3) is 5.56 Å². The summed E-state index contributed by atoms with van der Waals surface area (Å²) in [7, 11) is 1.55. The van der Waals surface area contributed by atoms with Crippen molar-refractivity contribution in [2.24, 2.45) is 0 Å². The Hall–Kier alpha value is -2.56. The van der Waals surface area contributed by atoms with E-state index in [2.05, 4.69) is 0 Å². The van der Waals surface area contributed by atoms with E-state index in [0.717, 1.165) is 5.56 Å². The average Bonchev–Trinajstić information content (AvgIpc) is 2.41. The number of pyridine rings is 1. The molecule has 5 nitrogen and oxygen atoms in total. The average molecular weight is 259 g/mol. The second-order valence-electron chi connectivity index (χ2n) is 3.99. The van der Waals surface area contributed by atoms with Gasteiger partial charge in [-0.1, -0.05) is 18.2 Å². The first kappa shape index (κ1) is 12.9. The van der Waals surface area contributed by atoms with Gasteiger partial charge in [0.05, 0.1) is 13.7 Å². The third kappa shape index (κ3) is 2.82. The van der Waals surface area contributed by atoms with Crippen LogP contribution in [0.3, 0.4) is 0 Å². The maximum Gasteiger partial charge on any atom is 0.352 e. The molecule has 1 aromatic carbocycles. The monoisotopic (exact) mass is 259 g/mol. The van der Waals surface area contributed by atoms with Gasteiger partial charge >= 0.3 is 5.97 Å². The Kier molecular flexibility index (Phi) is 3.66. The smallest absolute Gasteiger partial charge is 0.352 e. The zero-order chi connectivity index (χ0) is 13.8. The fourth-order valence-corrected chi connectivity index (χ4v) is 1.82. The second kappa shape index (κ2) is 5.39. The van der Waals surface area contributed by atoms with Crippen molar-refractivity contribution in [2.75, 3.05) is 7.11 Å². The van der Waals surface area contributed by atoms with E-state index in [1.807, 2.05) is 6.07 Å². The van der Waals surface area contributed by atoms with E-state index >= 15 is 0 Å². The standard InChI is InChI=1S/C14H13NO4/c1-19-11-5-2-4-10(8-11)9-15-12(14(17)18)6-3-7-13(15)16/h2-8H,9H2,1H3,(H,17,18). The van der Waals surface area contributed by atoms with E-state index in [4.69, 9.17) is 9.84 Å². The molecule has 0 fully saturated rings. The van der Waals surface area contributed by atoms with Gasteiger partial charge in [0.1, 0.15) is 11.4 Å². The van der Waals surface area contributed by atoms with Crippen LogP contribution >= 0.6 is 0 Å². The van der Waals surface area contributed by atoms with Gasteiger partial charge in [-0.2, -0.15) is 0 Å². The Morgan fingerprint density at radius 2 is 2.00 bits per heavy atom. The molecule has 0 radical (unpaired) electrons. The maximum absolute atomic E-state index is 11.8. The van der Waals surface area contributed by atoms with E-state index in [-0.39, 0.29) is 17.8 Å². The van der Waals surface area contributed by atoms with Crippen LogP contribution in [0.1, 0.15) is 16.1 Å². The number of benzene rings is 1. The van der Waals surface area contributed by atoms with E-state index in [9.17, 15) is 9.59 Å². The van der Waals surface area contributed by atoms with Crippen molar-refractivity contribution < 1.29 is 14.6 Å². The van der Waals surface area contributed by atoms with Gasteiger partial charge in [-0.05, 0) is 23.8 Å². The summed E-state index contributed by atoms with van der Waals surface area (Å²) in [5.74, 6) is -0.459. The predicted octanol–water partition coefficient (Wildman–Crippen LogP) is 1.60. The third-order valence-corrected chi connectivity index (χ3v) is 2.74. The van der Waals surface area contributed by atoms with Crippen molar-refractivity contribution in [1.82, 2.24) is 4.57 Å². The summed E-state index contributed by atoms with van der Waals surface area (Å²) < 4.78 is 6.32. The lowest BCUT2D eigenvalue weighted by molar-refractivity contribution is 0.0684. The molecule has 19 heavy (non-hydrogen) atoms. The van der Waals surface area contributed by atoms with Crippen LogP contribution in [0.5, 0.6) is 5.75 Å². The SMILES string of the molecule is COc1cccc(Cn2c(C(=O)O)cccc2=O)c1. The first-order chi connectivity index (χ1) is 9.11. The number of hydrogen-bond donors (Lipinski definition) is 1. The molecule has 1 N–H and O–H groups in total. The zero-order valence-corrected chi connectivity index (χ0v) is 10.4. The summed E-state index contributed by atoms with van der Waals surface area (Å²) in [4.78, 5) is 22.9. The molecule has 2 rings (SSSR count). The van der Waals surface area contributed by atoms with E-state index in [0.29, 0.717) is 5.75 Å². The van der Waals surface area contributed by atoms with Gasteiger partial charge in [-0.25, -0.2) is 4.79 Å². The van der Waals surface area contributed by atoms with E-state index in [1.165, 1.54) is 22.8 Å². The first-order valence-corrected chi connectivity index (χ1v) is 5.68. The number of methoxy groups -OCH3 is 1. The minimum Gasteiger partial charge on any atom is -0.497 e. The number of rotatable bonds is 4. The molecule has 0 saturated heterocycles. The van der Waals surface area contributed by atoms with Crippen LogP contribution in [0.4, 0.5) is 0 Å². The number of aromatic carboxylic acids is 1. The van der Waals surface area contributed by atoms with Crippen LogP contribution in [0.2, 0.25) is 0 Å². The molecular formula is C14H13NO4. The molecule has 0 aliphatic heterocycles.